The van der Waals surface area contributed by atoms with Gasteiger partial charge in [0.25, 0.3) is 0 Å². The van der Waals surface area contributed by atoms with E-state index >= 15 is 0 Å². The lowest BCUT2D eigenvalue weighted by atomic mass is 10.1. The second kappa shape index (κ2) is 5.98. The van der Waals surface area contributed by atoms with Crippen LogP contribution in [0.4, 0.5) is 0 Å². The van der Waals surface area contributed by atoms with Crippen LogP contribution in [-0.4, -0.2) is 25.9 Å². The van der Waals surface area contributed by atoms with Crippen molar-refractivity contribution in [1.29, 1.82) is 0 Å². The van der Waals surface area contributed by atoms with E-state index in [0.29, 0.717) is 0 Å². The van der Waals surface area contributed by atoms with E-state index in [9.17, 15) is 8.42 Å². The number of benzene rings is 1. The number of rotatable bonds is 5. The summed E-state index contributed by atoms with van der Waals surface area (Å²) in [5.41, 5.74) is 1.78. The van der Waals surface area contributed by atoms with Gasteiger partial charge in [-0.2, -0.15) is 0 Å². The highest BCUT2D eigenvalue weighted by Crippen LogP contribution is 2.18. The maximum Gasteiger partial charge on any atom is 0.154 e. The number of hydrogen-bond donors (Lipinski definition) is 1. The van der Waals surface area contributed by atoms with E-state index in [1.165, 1.54) is 0 Å². The second-order valence-corrected chi connectivity index (χ2v) is 7.44. The summed E-state index contributed by atoms with van der Waals surface area (Å²) in [7, 11) is -3.16. The average molecular weight is 321 g/mol. The monoisotopic (exact) mass is 320 g/mol. The van der Waals surface area contributed by atoms with Gasteiger partial charge in [-0.25, -0.2) is 8.42 Å². The predicted octanol–water partition coefficient (Wildman–Crippen LogP) is 2.30. The van der Waals surface area contributed by atoms with Crippen molar-refractivity contribution in [3.8, 4) is 0 Å². The zero-order chi connectivity index (χ0) is 13.1. The molecule has 3 nitrogen and oxygen atoms in total. The zero-order valence-corrected chi connectivity index (χ0v) is 12.4. The van der Waals surface area contributed by atoms with Crippen LogP contribution in [0.1, 0.15) is 18.1 Å². The number of aliphatic hydroxyl groups is 1. The van der Waals surface area contributed by atoms with Gasteiger partial charge >= 0.3 is 0 Å². The minimum atomic E-state index is -3.16. The van der Waals surface area contributed by atoms with Crippen LogP contribution < -0.4 is 0 Å². The fourth-order valence-electron chi connectivity index (χ4n) is 1.60. The molecule has 0 aliphatic rings. The Hall–Kier alpha value is -0.390. The van der Waals surface area contributed by atoms with Crippen molar-refractivity contribution in [3.05, 3.63) is 33.8 Å². The van der Waals surface area contributed by atoms with Crippen LogP contribution in [0.2, 0.25) is 0 Å². The lowest BCUT2D eigenvalue weighted by Crippen LogP contribution is -2.18. The molecule has 0 fully saturated rings. The lowest BCUT2D eigenvalue weighted by Gasteiger charge is -2.10. The second-order valence-electron chi connectivity index (χ2n) is 4.41. The number of aryl methyl sites for hydroxylation is 1. The van der Waals surface area contributed by atoms with Crippen LogP contribution in [0, 0.1) is 12.8 Å². The summed E-state index contributed by atoms with van der Waals surface area (Å²) >= 11 is 3.34. The van der Waals surface area contributed by atoms with Crippen molar-refractivity contribution >= 4 is 25.8 Å². The topological polar surface area (TPSA) is 54.4 Å². The Morgan fingerprint density at radius 2 is 2.06 bits per heavy atom. The van der Waals surface area contributed by atoms with Crippen molar-refractivity contribution in [2.45, 2.75) is 19.6 Å². The molecular formula is C12H17BrO3S. The van der Waals surface area contributed by atoms with Gasteiger partial charge < -0.3 is 5.11 Å². The highest BCUT2D eigenvalue weighted by Gasteiger charge is 2.17. The molecule has 0 bridgehead atoms. The minimum Gasteiger partial charge on any atom is -0.396 e. The molecule has 1 aromatic carbocycles. The molecule has 17 heavy (non-hydrogen) atoms. The van der Waals surface area contributed by atoms with Crippen molar-refractivity contribution in [2.75, 3.05) is 12.4 Å². The largest absolute Gasteiger partial charge is 0.396 e. The van der Waals surface area contributed by atoms with Gasteiger partial charge in [0.1, 0.15) is 0 Å². The minimum absolute atomic E-state index is 0.0268. The van der Waals surface area contributed by atoms with E-state index in [1.54, 1.807) is 6.92 Å². The first-order valence-corrected chi connectivity index (χ1v) is 8.02. The lowest BCUT2D eigenvalue weighted by molar-refractivity contribution is 0.249. The van der Waals surface area contributed by atoms with Gasteiger partial charge in [-0.1, -0.05) is 28.9 Å². The quantitative estimate of drug-likeness (QED) is 0.905. The molecule has 1 aromatic rings. The van der Waals surface area contributed by atoms with Crippen LogP contribution >= 0.6 is 15.9 Å². The fourth-order valence-corrected chi connectivity index (χ4v) is 3.97. The molecule has 0 aliphatic carbocycles. The Bertz CT molecular complexity index is 483. The first-order valence-electron chi connectivity index (χ1n) is 5.40. The Morgan fingerprint density at radius 3 is 2.59 bits per heavy atom. The van der Waals surface area contributed by atoms with E-state index < -0.39 is 9.84 Å². The molecule has 5 heteroatoms. The standard InChI is InChI=1S/C12H17BrO3S/c1-9(6-14)7-17(15,16)8-11-3-4-12(13)5-10(11)2/h3-5,9,14H,6-8H2,1-2H3/t9-/m0/s1. The molecule has 0 amide bonds. The number of aliphatic hydroxyl groups excluding tert-OH is 1. The maximum atomic E-state index is 11.9. The highest BCUT2D eigenvalue weighted by atomic mass is 79.9. The third kappa shape index (κ3) is 4.77. The predicted molar refractivity (Wildman–Crippen MR) is 72.6 cm³/mol. The van der Waals surface area contributed by atoms with E-state index in [4.69, 9.17) is 5.11 Å². The third-order valence-electron chi connectivity index (χ3n) is 2.53. The summed E-state index contributed by atoms with van der Waals surface area (Å²) in [5, 5.41) is 8.88. The molecule has 0 saturated carbocycles. The van der Waals surface area contributed by atoms with Crippen LogP contribution in [0.5, 0.6) is 0 Å². The summed E-state index contributed by atoms with van der Waals surface area (Å²) in [5.74, 6) is -0.147. The molecular weight excluding hydrogens is 304 g/mol. The Labute approximate surface area is 111 Å². The SMILES string of the molecule is Cc1cc(Br)ccc1CS(=O)(=O)C[C@@H](C)CO. The van der Waals surface area contributed by atoms with Crippen molar-refractivity contribution in [2.24, 2.45) is 5.92 Å². The van der Waals surface area contributed by atoms with Crippen LogP contribution in [-0.2, 0) is 15.6 Å². The van der Waals surface area contributed by atoms with Gasteiger partial charge in [0.15, 0.2) is 9.84 Å². The summed E-state index contributed by atoms with van der Waals surface area (Å²) in [6.45, 7) is 3.52. The average Bonchev–Trinajstić information content (AvgIpc) is 2.21. The van der Waals surface area contributed by atoms with Gasteiger partial charge in [0.2, 0.25) is 0 Å². The number of hydrogen-bond acceptors (Lipinski definition) is 3. The summed E-state index contributed by atoms with van der Waals surface area (Å²) in [6.07, 6.45) is 0. The van der Waals surface area contributed by atoms with Gasteiger partial charge in [0.05, 0.1) is 11.5 Å². The molecule has 1 rings (SSSR count). The first kappa shape index (κ1) is 14.7. The smallest absolute Gasteiger partial charge is 0.154 e. The van der Waals surface area contributed by atoms with Gasteiger partial charge in [0, 0.05) is 11.1 Å². The Kier molecular flexibility index (Phi) is 5.16. The van der Waals surface area contributed by atoms with Crippen LogP contribution in [0.3, 0.4) is 0 Å². The molecule has 0 heterocycles. The van der Waals surface area contributed by atoms with Gasteiger partial charge in [-0.15, -0.1) is 0 Å². The maximum absolute atomic E-state index is 11.9. The molecule has 0 radical (unpaired) electrons. The number of halogens is 1. The van der Waals surface area contributed by atoms with E-state index in [0.717, 1.165) is 15.6 Å². The molecule has 0 saturated heterocycles. The van der Waals surface area contributed by atoms with Crippen molar-refractivity contribution < 1.29 is 13.5 Å². The summed E-state index contributed by atoms with van der Waals surface area (Å²) < 4.78 is 24.7. The van der Waals surface area contributed by atoms with E-state index in [-0.39, 0.29) is 24.0 Å². The third-order valence-corrected chi connectivity index (χ3v) is 4.85. The van der Waals surface area contributed by atoms with Crippen LogP contribution in [0.15, 0.2) is 22.7 Å². The Balaban J connectivity index is 2.83. The Morgan fingerprint density at radius 1 is 1.41 bits per heavy atom. The molecule has 1 N–H and O–H groups in total. The fraction of sp³-hybridized carbons (Fsp3) is 0.500. The van der Waals surface area contributed by atoms with Gasteiger partial charge in [-0.05, 0) is 36.1 Å². The van der Waals surface area contributed by atoms with Crippen LogP contribution in [0.25, 0.3) is 0 Å². The zero-order valence-electron chi connectivity index (χ0n) is 9.98. The van der Waals surface area contributed by atoms with Crippen molar-refractivity contribution in [3.63, 3.8) is 0 Å². The molecule has 0 spiro atoms. The molecule has 0 unspecified atom stereocenters. The molecule has 96 valence electrons. The summed E-state index contributed by atoms with van der Waals surface area (Å²) in [6, 6.07) is 5.56. The normalized spacial score (nSPS) is 13.6. The van der Waals surface area contributed by atoms with Gasteiger partial charge in [-0.3, -0.25) is 0 Å². The summed E-state index contributed by atoms with van der Waals surface area (Å²) in [4.78, 5) is 0. The first-order chi connectivity index (χ1) is 7.84. The number of sulfone groups is 1. The molecule has 1 atom stereocenters. The molecule has 0 aliphatic heterocycles. The van der Waals surface area contributed by atoms with E-state index in [1.807, 2.05) is 25.1 Å². The molecule has 0 aromatic heterocycles. The van der Waals surface area contributed by atoms with E-state index in [2.05, 4.69) is 15.9 Å². The van der Waals surface area contributed by atoms with Crippen molar-refractivity contribution in [1.82, 2.24) is 0 Å². The highest BCUT2D eigenvalue weighted by molar-refractivity contribution is 9.10.